The highest BCUT2D eigenvalue weighted by molar-refractivity contribution is 14.0. The predicted octanol–water partition coefficient (Wildman–Crippen LogP) is 1.69. The number of hydrogen-bond acceptors (Lipinski definition) is 2. The molecule has 1 saturated heterocycles. The average Bonchev–Trinajstić information content (AvgIpc) is 3.03. The zero-order valence-corrected chi connectivity index (χ0v) is 14.8. The van der Waals surface area contributed by atoms with E-state index in [1.165, 1.54) is 5.69 Å². The molecule has 1 aliphatic heterocycles. The molecule has 1 aromatic rings. The van der Waals surface area contributed by atoms with Crippen LogP contribution in [0.5, 0.6) is 0 Å². The van der Waals surface area contributed by atoms with Gasteiger partial charge in [-0.1, -0.05) is 0 Å². The summed E-state index contributed by atoms with van der Waals surface area (Å²) in [5.41, 5.74) is 1.27. The Kier molecular flexibility index (Phi) is 7.36. The first-order chi connectivity index (χ1) is 9.20. The Morgan fingerprint density at radius 2 is 2.40 bits per heavy atom. The first-order valence-electron chi connectivity index (χ1n) is 6.80. The molecule has 1 fully saturated rings. The van der Waals surface area contributed by atoms with Crippen LogP contribution in [0.4, 0.5) is 0 Å². The van der Waals surface area contributed by atoms with Crippen molar-refractivity contribution in [2.24, 2.45) is 18.0 Å². The molecule has 1 atom stereocenters. The number of aliphatic imine (C=N–C) groups is 1. The second kappa shape index (κ2) is 8.51. The Labute approximate surface area is 138 Å². The fourth-order valence-electron chi connectivity index (χ4n) is 2.34. The standard InChI is InChI=1S/C14H24N4O.HI/c1-15-14(16-9-12-6-8-19-11-12)18(3)10-13-5-4-7-17(13)2;/h4-5,7,12H,6,8-11H2,1-3H3,(H,15,16);1H. The van der Waals surface area contributed by atoms with Crippen LogP contribution in [0.15, 0.2) is 23.3 Å². The maximum atomic E-state index is 5.39. The number of nitrogens with one attached hydrogen (secondary N) is 1. The molecule has 2 heterocycles. The van der Waals surface area contributed by atoms with Crippen LogP contribution in [0.1, 0.15) is 12.1 Å². The van der Waals surface area contributed by atoms with Gasteiger partial charge in [0.05, 0.1) is 13.2 Å². The molecular formula is C14H25IN4O. The maximum Gasteiger partial charge on any atom is 0.193 e. The minimum atomic E-state index is 0. The van der Waals surface area contributed by atoms with Crippen molar-refractivity contribution in [2.45, 2.75) is 13.0 Å². The molecule has 0 radical (unpaired) electrons. The van der Waals surface area contributed by atoms with Crippen molar-refractivity contribution in [3.05, 3.63) is 24.0 Å². The topological polar surface area (TPSA) is 41.8 Å². The van der Waals surface area contributed by atoms with Gasteiger partial charge >= 0.3 is 0 Å². The Bertz CT molecular complexity index is 427. The molecule has 1 aliphatic rings. The zero-order chi connectivity index (χ0) is 13.7. The van der Waals surface area contributed by atoms with Crippen molar-refractivity contribution >= 4 is 29.9 Å². The summed E-state index contributed by atoms with van der Waals surface area (Å²) in [5, 5.41) is 3.43. The molecule has 5 nitrogen and oxygen atoms in total. The molecule has 114 valence electrons. The lowest BCUT2D eigenvalue weighted by Gasteiger charge is -2.23. The van der Waals surface area contributed by atoms with Gasteiger partial charge in [-0.15, -0.1) is 24.0 Å². The number of rotatable bonds is 4. The molecule has 0 saturated carbocycles. The Balaban J connectivity index is 0.00000200. The molecule has 1 aromatic heterocycles. The highest BCUT2D eigenvalue weighted by atomic mass is 127. The SMILES string of the molecule is CN=C(NCC1CCOC1)N(C)Cc1cccn1C.I. The smallest absolute Gasteiger partial charge is 0.193 e. The molecule has 0 spiro atoms. The van der Waals surface area contributed by atoms with Gasteiger partial charge in [0, 0.05) is 52.1 Å². The third kappa shape index (κ3) is 4.66. The summed E-state index contributed by atoms with van der Waals surface area (Å²) in [7, 11) is 5.96. The number of nitrogens with zero attached hydrogens (tertiary/aromatic N) is 3. The summed E-state index contributed by atoms with van der Waals surface area (Å²) < 4.78 is 7.52. The van der Waals surface area contributed by atoms with E-state index in [2.05, 4.69) is 52.2 Å². The minimum absolute atomic E-state index is 0. The first kappa shape index (κ1) is 17.3. The van der Waals surface area contributed by atoms with Crippen molar-refractivity contribution in [3.8, 4) is 0 Å². The number of ether oxygens (including phenoxy) is 1. The maximum absolute atomic E-state index is 5.39. The Hall–Kier alpha value is -0.760. The summed E-state index contributed by atoms with van der Waals surface area (Å²) in [6, 6.07) is 4.20. The highest BCUT2D eigenvalue weighted by Gasteiger charge is 2.16. The Morgan fingerprint density at radius 1 is 1.60 bits per heavy atom. The number of hydrogen-bond donors (Lipinski definition) is 1. The Morgan fingerprint density at radius 3 is 2.95 bits per heavy atom. The van der Waals surface area contributed by atoms with Crippen molar-refractivity contribution in [3.63, 3.8) is 0 Å². The molecule has 1 N–H and O–H groups in total. The van der Waals surface area contributed by atoms with E-state index >= 15 is 0 Å². The van der Waals surface area contributed by atoms with Gasteiger partial charge < -0.3 is 19.5 Å². The zero-order valence-electron chi connectivity index (χ0n) is 12.5. The summed E-state index contributed by atoms with van der Waals surface area (Å²) in [6.07, 6.45) is 3.21. The summed E-state index contributed by atoms with van der Waals surface area (Å²) in [5.74, 6) is 1.55. The normalized spacial score (nSPS) is 18.8. The van der Waals surface area contributed by atoms with E-state index in [0.29, 0.717) is 5.92 Å². The van der Waals surface area contributed by atoms with Gasteiger partial charge in [-0.25, -0.2) is 0 Å². The lowest BCUT2D eigenvalue weighted by molar-refractivity contribution is 0.186. The first-order valence-corrected chi connectivity index (χ1v) is 6.80. The van der Waals surface area contributed by atoms with Crippen LogP contribution in [0.2, 0.25) is 0 Å². The van der Waals surface area contributed by atoms with Crippen LogP contribution in [0, 0.1) is 5.92 Å². The van der Waals surface area contributed by atoms with Crippen molar-refractivity contribution in [1.29, 1.82) is 0 Å². The summed E-state index contributed by atoms with van der Waals surface area (Å²) in [6.45, 7) is 3.55. The van der Waals surface area contributed by atoms with Crippen LogP contribution < -0.4 is 5.32 Å². The monoisotopic (exact) mass is 392 g/mol. The second-order valence-corrected chi connectivity index (χ2v) is 5.12. The number of aromatic nitrogens is 1. The molecule has 0 aromatic carbocycles. The van der Waals surface area contributed by atoms with Gasteiger partial charge in [0.2, 0.25) is 0 Å². The molecule has 1 unspecified atom stereocenters. The number of guanidine groups is 1. The fourth-order valence-corrected chi connectivity index (χ4v) is 2.34. The van der Waals surface area contributed by atoms with Gasteiger partial charge in [-0.3, -0.25) is 4.99 Å². The molecule has 0 bridgehead atoms. The summed E-state index contributed by atoms with van der Waals surface area (Å²) in [4.78, 5) is 6.48. The van der Waals surface area contributed by atoms with Crippen LogP contribution in [0.3, 0.4) is 0 Å². The van der Waals surface area contributed by atoms with Crippen LogP contribution in [0.25, 0.3) is 0 Å². The molecule has 6 heteroatoms. The average molecular weight is 392 g/mol. The van der Waals surface area contributed by atoms with E-state index in [4.69, 9.17) is 4.74 Å². The third-order valence-corrected chi connectivity index (χ3v) is 3.60. The van der Waals surface area contributed by atoms with Crippen molar-refractivity contribution in [2.75, 3.05) is 33.9 Å². The lowest BCUT2D eigenvalue weighted by Crippen LogP contribution is -2.41. The molecule has 2 rings (SSSR count). The fraction of sp³-hybridized carbons (Fsp3) is 0.643. The largest absolute Gasteiger partial charge is 0.381 e. The second-order valence-electron chi connectivity index (χ2n) is 5.12. The quantitative estimate of drug-likeness (QED) is 0.482. The minimum Gasteiger partial charge on any atom is -0.381 e. The van der Waals surface area contributed by atoms with Gasteiger partial charge in [0.25, 0.3) is 0 Å². The van der Waals surface area contributed by atoms with Gasteiger partial charge in [0.1, 0.15) is 0 Å². The van der Waals surface area contributed by atoms with Gasteiger partial charge in [0.15, 0.2) is 5.96 Å². The van der Waals surface area contributed by atoms with E-state index in [9.17, 15) is 0 Å². The van der Waals surface area contributed by atoms with Crippen LogP contribution in [-0.4, -0.2) is 49.3 Å². The number of aryl methyl sites for hydroxylation is 1. The third-order valence-electron chi connectivity index (χ3n) is 3.60. The molecule has 20 heavy (non-hydrogen) atoms. The van der Waals surface area contributed by atoms with E-state index in [1.807, 2.05) is 7.05 Å². The van der Waals surface area contributed by atoms with Crippen molar-refractivity contribution < 1.29 is 4.74 Å². The highest BCUT2D eigenvalue weighted by Crippen LogP contribution is 2.11. The lowest BCUT2D eigenvalue weighted by atomic mass is 10.1. The van der Waals surface area contributed by atoms with Crippen molar-refractivity contribution in [1.82, 2.24) is 14.8 Å². The predicted molar refractivity (Wildman–Crippen MR) is 92.6 cm³/mol. The summed E-state index contributed by atoms with van der Waals surface area (Å²) >= 11 is 0. The number of halogens is 1. The molecular weight excluding hydrogens is 367 g/mol. The van der Waals surface area contributed by atoms with E-state index in [-0.39, 0.29) is 24.0 Å². The van der Waals surface area contributed by atoms with Gasteiger partial charge in [-0.2, -0.15) is 0 Å². The van der Waals surface area contributed by atoms with Gasteiger partial charge in [-0.05, 0) is 18.6 Å². The van der Waals surface area contributed by atoms with E-state index < -0.39 is 0 Å². The van der Waals surface area contributed by atoms with E-state index in [0.717, 1.165) is 38.7 Å². The van der Waals surface area contributed by atoms with Crippen LogP contribution in [-0.2, 0) is 18.3 Å². The molecule has 0 amide bonds. The van der Waals surface area contributed by atoms with E-state index in [1.54, 1.807) is 0 Å². The van der Waals surface area contributed by atoms with Crippen LogP contribution >= 0.6 is 24.0 Å². The molecule has 0 aliphatic carbocycles.